The van der Waals surface area contributed by atoms with Crippen molar-refractivity contribution in [3.05, 3.63) is 58.0 Å². The fraction of sp³-hybridized carbons (Fsp3) is 0.645. The Kier molecular flexibility index (Phi) is 15.0. The molecule has 35 heavy (non-hydrogen) atoms. The second-order valence-electron chi connectivity index (χ2n) is 10.0. The average molecular weight is 484 g/mol. The number of hydrogen-bond acceptors (Lipinski definition) is 3. The molecule has 0 atom stereocenters. The van der Waals surface area contributed by atoms with Crippen LogP contribution >= 0.6 is 0 Å². The van der Waals surface area contributed by atoms with Crippen LogP contribution < -0.4 is 10.2 Å². The van der Waals surface area contributed by atoms with E-state index in [1.165, 1.54) is 96.3 Å². The quantitative estimate of drug-likeness (QED) is 0.192. The van der Waals surface area contributed by atoms with Crippen LogP contribution in [-0.2, 0) is 13.2 Å². The minimum Gasteiger partial charge on any atom is -0.508 e. The number of unbranched alkanes of at least 4 members (excludes halogenated alkanes) is 15. The van der Waals surface area contributed by atoms with Crippen molar-refractivity contribution in [2.45, 2.75) is 130 Å². The van der Waals surface area contributed by atoms with Gasteiger partial charge in [0.15, 0.2) is 5.75 Å². The molecule has 2 rings (SSSR count). The van der Waals surface area contributed by atoms with Gasteiger partial charge in [0, 0.05) is 18.8 Å². The van der Waals surface area contributed by atoms with E-state index in [0.717, 1.165) is 24.2 Å². The van der Waals surface area contributed by atoms with Gasteiger partial charge < -0.3 is 14.4 Å². The van der Waals surface area contributed by atoms with Gasteiger partial charge in [-0.15, -0.1) is 0 Å². The van der Waals surface area contributed by atoms with E-state index in [9.17, 15) is 9.90 Å². The van der Waals surface area contributed by atoms with Crippen molar-refractivity contribution in [1.82, 2.24) is 4.57 Å². The summed E-state index contributed by atoms with van der Waals surface area (Å²) in [6.45, 7) is 5.48. The molecule has 1 aromatic heterocycles. The minimum atomic E-state index is -0.0792. The normalized spacial score (nSPS) is 11.1. The second-order valence-corrected chi connectivity index (χ2v) is 10.0. The van der Waals surface area contributed by atoms with E-state index >= 15 is 0 Å². The fourth-order valence-electron chi connectivity index (χ4n) is 4.65. The third-order valence-electron chi connectivity index (χ3n) is 6.96. The Bertz CT molecular complexity index is 857. The first-order chi connectivity index (χ1) is 17.1. The van der Waals surface area contributed by atoms with Crippen LogP contribution in [0.3, 0.4) is 0 Å². The summed E-state index contributed by atoms with van der Waals surface area (Å²) < 4.78 is 7.99. The lowest BCUT2D eigenvalue weighted by molar-refractivity contribution is 0.296. The zero-order valence-corrected chi connectivity index (χ0v) is 22.4. The van der Waals surface area contributed by atoms with E-state index in [0.29, 0.717) is 12.4 Å². The third-order valence-corrected chi connectivity index (χ3v) is 6.96. The van der Waals surface area contributed by atoms with Gasteiger partial charge >= 0.3 is 0 Å². The number of benzene rings is 1. The monoisotopic (exact) mass is 483 g/mol. The summed E-state index contributed by atoms with van der Waals surface area (Å²) in [7, 11) is 0. The molecule has 1 heterocycles. The molecule has 4 heteroatoms. The summed E-state index contributed by atoms with van der Waals surface area (Å²) in [5, 5.41) is 9.41. The maximum absolute atomic E-state index is 12.3. The van der Waals surface area contributed by atoms with Crippen molar-refractivity contribution in [2.75, 3.05) is 0 Å². The standard InChI is InChI=1S/C31H49NO3/c1-3-4-5-6-7-8-9-10-11-12-13-14-15-16-17-18-24-32-25-23-30(34)31(27(32)2)35-26-28-19-21-29(33)22-20-28/h19-23,25,33H,3-18,24,26H2,1-2H3. The largest absolute Gasteiger partial charge is 0.508 e. The number of rotatable bonds is 20. The van der Waals surface area contributed by atoms with Gasteiger partial charge in [0.25, 0.3) is 0 Å². The molecule has 2 aromatic rings. The number of aromatic nitrogens is 1. The van der Waals surface area contributed by atoms with Gasteiger partial charge in [-0.25, -0.2) is 0 Å². The number of hydrogen-bond donors (Lipinski definition) is 1. The van der Waals surface area contributed by atoms with Crippen LogP contribution in [0.1, 0.15) is 121 Å². The summed E-state index contributed by atoms with van der Waals surface area (Å²) >= 11 is 0. The summed E-state index contributed by atoms with van der Waals surface area (Å²) in [5.74, 6) is 0.655. The predicted molar refractivity (Wildman–Crippen MR) is 147 cm³/mol. The number of aryl methyl sites for hydroxylation is 1. The highest BCUT2D eigenvalue weighted by Gasteiger charge is 2.09. The molecular formula is C31H49NO3. The van der Waals surface area contributed by atoms with E-state index in [1.54, 1.807) is 18.2 Å². The highest BCUT2D eigenvalue weighted by atomic mass is 16.5. The first kappa shape index (κ1) is 29.0. The lowest BCUT2D eigenvalue weighted by Crippen LogP contribution is -2.15. The Hall–Kier alpha value is -2.23. The fourth-order valence-corrected chi connectivity index (χ4v) is 4.65. The van der Waals surface area contributed by atoms with Crippen molar-refractivity contribution in [2.24, 2.45) is 0 Å². The topological polar surface area (TPSA) is 51.5 Å². The maximum Gasteiger partial charge on any atom is 0.223 e. The Balaban J connectivity index is 1.52. The van der Waals surface area contributed by atoms with Crippen LogP contribution in [0.2, 0.25) is 0 Å². The number of ether oxygens (including phenoxy) is 1. The van der Waals surface area contributed by atoms with Gasteiger partial charge in [0.05, 0.1) is 5.69 Å². The van der Waals surface area contributed by atoms with E-state index in [-0.39, 0.29) is 11.2 Å². The van der Waals surface area contributed by atoms with Gasteiger partial charge in [-0.2, -0.15) is 0 Å². The van der Waals surface area contributed by atoms with Crippen LogP contribution in [0.15, 0.2) is 41.3 Å². The second kappa shape index (κ2) is 18.1. The Labute approximate surface area is 213 Å². The van der Waals surface area contributed by atoms with E-state index < -0.39 is 0 Å². The molecule has 0 radical (unpaired) electrons. The van der Waals surface area contributed by atoms with Gasteiger partial charge in [0.2, 0.25) is 5.43 Å². The molecule has 0 aliphatic carbocycles. The van der Waals surface area contributed by atoms with Crippen LogP contribution in [0.5, 0.6) is 11.5 Å². The van der Waals surface area contributed by atoms with Crippen LogP contribution in [0, 0.1) is 6.92 Å². The smallest absolute Gasteiger partial charge is 0.223 e. The van der Waals surface area contributed by atoms with Crippen molar-refractivity contribution >= 4 is 0 Å². The molecule has 0 spiro atoms. The third kappa shape index (κ3) is 12.3. The summed E-state index contributed by atoms with van der Waals surface area (Å²) in [4.78, 5) is 12.3. The zero-order chi connectivity index (χ0) is 25.1. The molecule has 0 saturated heterocycles. The van der Waals surface area contributed by atoms with E-state index in [2.05, 4.69) is 11.5 Å². The van der Waals surface area contributed by atoms with Gasteiger partial charge in [-0.1, -0.05) is 115 Å². The first-order valence-electron chi connectivity index (χ1n) is 14.2. The molecule has 0 amide bonds. The molecule has 1 N–H and O–H groups in total. The Morgan fingerprint density at radius 3 is 1.71 bits per heavy atom. The molecule has 1 aromatic carbocycles. The number of aromatic hydroxyl groups is 1. The van der Waals surface area contributed by atoms with Crippen LogP contribution in [-0.4, -0.2) is 9.67 Å². The van der Waals surface area contributed by atoms with Gasteiger partial charge in [-0.3, -0.25) is 4.79 Å². The molecule has 0 unspecified atom stereocenters. The van der Waals surface area contributed by atoms with E-state index in [1.807, 2.05) is 25.3 Å². The van der Waals surface area contributed by atoms with Crippen LogP contribution in [0.4, 0.5) is 0 Å². The van der Waals surface area contributed by atoms with Gasteiger partial charge in [0.1, 0.15) is 12.4 Å². The van der Waals surface area contributed by atoms with Crippen molar-refractivity contribution < 1.29 is 9.84 Å². The zero-order valence-electron chi connectivity index (χ0n) is 22.4. The average Bonchev–Trinajstić information content (AvgIpc) is 2.86. The first-order valence-corrected chi connectivity index (χ1v) is 14.2. The summed E-state index contributed by atoms with van der Waals surface area (Å²) in [6.07, 6.45) is 23.8. The molecule has 0 fully saturated rings. The van der Waals surface area contributed by atoms with Crippen molar-refractivity contribution in [3.8, 4) is 11.5 Å². The predicted octanol–water partition coefficient (Wildman–Crippen LogP) is 8.70. The number of pyridine rings is 1. The highest BCUT2D eigenvalue weighted by Crippen LogP contribution is 2.17. The molecule has 0 aliphatic heterocycles. The summed E-state index contributed by atoms with van der Waals surface area (Å²) in [5.41, 5.74) is 1.73. The number of phenolic OH excluding ortho intramolecular Hbond substituents is 1. The molecule has 0 bridgehead atoms. The van der Waals surface area contributed by atoms with Crippen molar-refractivity contribution in [3.63, 3.8) is 0 Å². The maximum atomic E-state index is 12.3. The summed E-state index contributed by atoms with van der Waals surface area (Å²) in [6, 6.07) is 8.48. The van der Waals surface area contributed by atoms with Gasteiger partial charge in [-0.05, 0) is 31.0 Å². The molecule has 0 aliphatic rings. The molecule has 0 saturated carbocycles. The van der Waals surface area contributed by atoms with E-state index in [4.69, 9.17) is 4.74 Å². The Morgan fingerprint density at radius 1 is 0.714 bits per heavy atom. The van der Waals surface area contributed by atoms with Crippen LogP contribution in [0.25, 0.3) is 0 Å². The number of phenols is 1. The number of nitrogens with zero attached hydrogens (tertiary/aromatic N) is 1. The SMILES string of the molecule is CCCCCCCCCCCCCCCCCCn1ccc(=O)c(OCc2ccc(O)cc2)c1C. The lowest BCUT2D eigenvalue weighted by Gasteiger charge is -2.15. The minimum absolute atomic E-state index is 0.0792. The molecule has 196 valence electrons. The molecule has 4 nitrogen and oxygen atoms in total. The molecular weight excluding hydrogens is 434 g/mol. The van der Waals surface area contributed by atoms with Crippen molar-refractivity contribution in [1.29, 1.82) is 0 Å². The lowest BCUT2D eigenvalue weighted by atomic mass is 10.0. The highest BCUT2D eigenvalue weighted by molar-refractivity contribution is 5.29. The Morgan fingerprint density at radius 2 is 1.20 bits per heavy atom.